The highest BCUT2D eigenvalue weighted by Gasteiger charge is 2.44. The van der Waals surface area contributed by atoms with Crippen molar-refractivity contribution in [2.45, 2.75) is 25.8 Å². The van der Waals surface area contributed by atoms with Crippen molar-refractivity contribution in [3.63, 3.8) is 0 Å². The zero-order valence-corrected chi connectivity index (χ0v) is 9.92. The predicted molar refractivity (Wildman–Crippen MR) is 59.2 cm³/mol. The zero-order chi connectivity index (χ0) is 11.3. The predicted octanol–water partition coefficient (Wildman–Crippen LogP) is -0.212. The van der Waals surface area contributed by atoms with Crippen LogP contribution in [0.25, 0.3) is 0 Å². The summed E-state index contributed by atoms with van der Waals surface area (Å²) in [6, 6.07) is 0. The van der Waals surface area contributed by atoms with Gasteiger partial charge in [0.15, 0.2) is 9.84 Å². The SMILES string of the molecule is CC1CN(C2(C)CCS(=O)(=O)C2)N=C1N. The van der Waals surface area contributed by atoms with Crippen molar-refractivity contribution in [2.75, 3.05) is 18.1 Å². The van der Waals surface area contributed by atoms with Crippen LogP contribution in [0.2, 0.25) is 0 Å². The van der Waals surface area contributed by atoms with Crippen LogP contribution in [-0.2, 0) is 9.84 Å². The molecule has 0 bridgehead atoms. The summed E-state index contributed by atoms with van der Waals surface area (Å²) in [5, 5.41) is 6.11. The molecule has 2 heterocycles. The lowest BCUT2D eigenvalue weighted by Crippen LogP contribution is -2.43. The van der Waals surface area contributed by atoms with Crippen molar-refractivity contribution in [1.29, 1.82) is 0 Å². The molecule has 2 atom stereocenters. The average Bonchev–Trinajstić information content (AvgIpc) is 2.57. The molecule has 2 rings (SSSR count). The van der Waals surface area contributed by atoms with Crippen LogP contribution in [0.1, 0.15) is 20.3 Å². The highest BCUT2D eigenvalue weighted by Crippen LogP contribution is 2.32. The maximum absolute atomic E-state index is 11.5. The monoisotopic (exact) mass is 231 g/mol. The van der Waals surface area contributed by atoms with Crippen LogP contribution < -0.4 is 5.73 Å². The fraction of sp³-hybridized carbons (Fsp3) is 0.889. The third kappa shape index (κ3) is 1.82. The number of amidine groups is 1. The lowest BCUT2D eigenvalue weighted by molar-refractivity contribution is 0.139. The van der Waals surface area contributed by atoms with E-state index >= 15 is 0 Å². The highest BCUT2D eigenvalue weighted by atomic mass is 32.2. The maximum Gasteiger partial charge on any atom is 0.152 e. The normalized spacial score (nSPS) is 39.5. The summed E-state index contributed by atoms with van der Waals surface area (Å²) in [5.41, 5.74) is 5.37. The third-order valence-corrected chi connectivity index (χ3v) is 5.18. The van der Waals surface area contributed by atoms with E-state index in [4.69, 9.17) is 5.73 Å². The number of nitrogens with zero attached hydrogens (tertiary/aromatic N) is 2. The third-order valence-electron chi connectivity index (χ3n) is 3.29. The average molecular weight is 231 g/mol. The van der Waals surface area contributed by atoms with Crippen LogP contribution in [0.3, 0.4) is 0 Å². The highest BCUT2D eigenvalue weighted by molar-refractivity contribution is 7.91. The molecule has 1 saturated heterocycles. The van der Waals surface area contributed by atoms with Crippen LogP contribution in [0.15, 0.2) is 5.10 Å². The Morgan fingerprint density at radius 3 is 2.67 bits per heavy atom. The van der Waals surface area contributed by atoms with Gasteiger partial charge >= 0.3 is 0 Å². The molecular formula is C9H17N3O2S. The first-order chi connectivity index (χ1) is 6.82. The lowest BCUT2D eigenvalue weighted by Gasteiger charge is -2.32. The molecule has 0 aliphatic carbocycles. The Kier molecular flexibility index (Phi) is 2.22. The van der Waals surface area contributed by atoms with Crippen molar-refractivity contribution < 1.29 is 8.42 Å². The van der Waals surface area contributed by atoms with Gasteiger partial charge in [0.1, 0.15) is 5.84 Å². The van der Waals surface area contributed by atoms with E-state index in [0.29, 0.717) is 12.3 Å². The molecule has 0 amide bonds. The van der Waals surface area contributed by atoms with Crippen molar-refractivity contribution in [3.05, 3.63) is 0 Å². The second-order valence-electron chi connectivity index (χ2n) is 4.85. The van der Waals surface area contributed by atoms with E-state index in [1.807, 2.05) is 18.9 Å². The minimum absolute atomic E-state index is 0.198. The minimum atomic E-state index is -2.88. The van der Waals surface area contributed by atoms with Crippen LogP contribution >= 0.6 is 0 Å². The summed E-state index contributed by atoms with van der Waals surface area (Å²) in [7, 11) is -2.88. The first kappa shape index (κ1) is 10.7. The summed E-state index contributed by atoms with van der Waals surface area (Å²) >= 11 is 0. The molecule has 2 unspecified atom stereocenters. The van der Waals surface area contributed by atoms with Gasteiger partial charge in [-0.2, -0.15) is 5.10 Å². The van der Waals surface area contributed by atoms with E-state index in [1.165, 1.54) is 0 Å². The number of sulfone groups is 1. The van der Waals surface area contributed by atoms with E-state index in [-0.39, 0.29) is 23.0 Å². The Hall–Kier alpha value is -0.780. The Morgan fingerprint density at radius 1 is 1.60 bits per heavy atom. The van der Waals surface area contributed by atoms with Crippen LogP contribution in [0, 0.1) is 5.92 Å². The largest absolute Gasteiger partial charge is 0.385 e. The van der Waals surface area contributed by atoms with Gasteiger partial charge in [-0.3, -0.25) is 5.01 Å². The van der Waals surface area contributed by atoms with Gasteiger partial charge in [-0.15, -0.1) is 0 Å². The van der Waals surface area contributed by atoms with Gasteiger partial charge < -0.3 is 5.73 Å². The van der Waals surface area contributed by atoms with Crippen LogP contribution in [0.4, 0.5) is 0 Å². The summed E-state index contributed by atoms with van der Waals surface area (Å²) in [5.74, 6) is 1.30. The van der Waals surface area contributed by atoms with Gasteiger partial charge in [-0.25, -0.2) is 8.42 Å². The molecule has 15 heavy (non-hydrogen) atoms. The molecule has 86 valence electrons. The Labute approximate surface area is 90.2 Å². The fourth-order valence-corrected chi connectivity index (χ4v) is 4.31. The second-order valence-corrected chi connectivity index (χ2v) is 7.03. The maximum atomic E-state index is 11.5. The molecule has 0 spiro atoms. The van der Waals surface area contributed by atoms with Gasteiger partial charge in [-0.05, 0) is 13.3 Å². The Balaban J connectivity index is 2.20. The molecule has 5 nitrogen and oxygen atoms in total. The number of hydrogen-bond acceptors (Lipinski definition) is 5. The second kappa shape index (κ2) is 3.10. The standard InChI is InChI=1S/C9H17N3O2S/c1-7-5-12(11-8(7)10)9(2)3-4-15(13,14)6-9/h7H,3-6H2,1-2H3,(H2,10,11). The number of rotatable bonds is 1. The lowest BCUT2D eigenvalue weighted by atomic mass is 10.0. The first-order valence-electron chi connectivity index (χ1n) is 5.14. The summed E-state index contributed by atoms with van der Waals surface area (Å²) in [4.78, 5) is 0. The Morgan fingerprint density at radius 2 is 2.27 bits per heavy atom. The number of hydrogen-bond donors (Lipinski definition) is 1. The Bertz CT molecular complexity index is 404. The van der Waals surface area contributed by atoms with Gasteiger partial charge in [0.05, 0.1) is 17.0 Å². The molecule has 2 N–H and O–H groups in total. The molecule has 1 fully saturated rings. The van der Waals surface area contributed by atoms with Gasteiger partial charge in [-0.1, -0.05) is 6.92 Å². The molecular weight excluding hydrogens is 214 g/mol. The molecule has 0 aromatic carbocycles. The van der Waals surface area contributed by atoms with E-state index < -0.39 is 9.84 Å². The molecule has 0 saturated carbocycles. The van der Waals surface area contributed by atoms with E-state index in [9.17, 15) is 8.42 Å². The van der Waals surface area contributed by atoms with Crippen molar-refractivity contribution in [2.24, 2.45) is 16.8 Å². The summed E-state index contributed by atoms with van der Waals surface area (Å²) < 4.78 is 22.9. The van der Waals surface area contributed by atoms with E-state index in [1.54, 1.807) is 0 Å². The van der Waals surface area contributed by atoms with Crippen LogP contribution in [-0.4, -0.2) is 42.9 Å². The zero-order valence-electron chi connectivity index (χ0n) is 9.10. The first-order valence-corrected chi connectivity index (χ1v) is 6.97. The quantitative estimate of drug-likeness (QED) is 0.677. The van der Waals surface area contributed by atoms with Gasteiger partial charge in [0, 0.05) is 12.5 Å². The molecule has 0 aromatic rings. The summed E-state index contributed by atoms with van der Waals surface area (Å²) in [6.07, 6.45) is 0.652. The molecule has 0 radical (unpaired) electrons. The summed E-state index contributed by atoms with van der Waals surface area (Å²) in [6.45, 7) is 4.69. The fourth-order valence-electron chi connectivity index (χ4n) is 2.17. The number of nitrogens with two attached hydrogens (primary N) is 1. The number of hydrazone groups is 1. The van der Waals surface area contributed by atoms with Crippen LogP contribution in [0.5, 0.6) is 0 Å². The molecule has 0 aromatic heterocycles. The topological polar surface area (TPSA) is 75.8 Å². The van der Waals surface area contributed by atoms with Crippen molar-refractivity contribution in [1.82, 2.24) is 5.01 Å². The van der Waals surface area contributed by atoms with E-state index in [0.717, 1.165) is 6.54 Å². The van der Waals surface area contributed by atoms with Gasteiger partial charge in [0.2, 0.25) is 0 Å². The molecule has 6 heteroatoms. The smallest absolute Gasteiger partial charge is 0.152 e. The van der Waals surface area contributed by atoms with Crippen molar-refractivity contribution >= 4 is 15.7 Å². The van der Waals surface area contributed by atoms with Crippen molar-refractivity contribution in [3.8, 4) is 0 Å². The van der Waals surface area contributed by atoms with E-state index in [2.05, 4.69) is 5.10 Å². The minimum Gasteiger partial charge on any atom is -0.385 e. The van der Waals surface area contributed by atoms with Gasteiger partial charge in [0.25, 0.3) is 0 Å². The molecule has 2 aliphatic rings. The molecule has 2 aliphatic heterocycles.